The maximum absolute atomic E-state index is 12.8. The number of fused-ring (bicyclic) bond motifs is 1. The van der Waals surface area contributed by atoms with E-state index in [0.717, 1.165) is 24.2 Å². The molecule has 8 nitrogen and oxygen atoms in total. The van der Waals surface area contributed by atoms with E-state index >= 15 is 0 Å². The van der Waals surface area contributed by atoms with Crippen molar-refractivity contribution in [1.82, 2.24) is 9.80 Å². The molecule has 0 aromatic heterocycles. The molecular weight excluding hydrogens is 472 g/mol. The number of imide groups is 1. The summed E-state index contributed by atoms with van der Waals surface area (Å²) < 4.78 is 10.5. The van der Waals surface area contributed by atoms with Crippen molar-refractivity contribution in [1.29, 1.82) is 0 Å². The van der Waals surface area contributed by atoms with Gasteiger partial charge in [-0.2, -0.15) is 0 Å². The van der Waals surface area contributed by atoms with Gasteiger partial charge in [-0.05, 0) is 60.4 Å². The highest BCUT2D eigenvalue weighted by atomic mass is 16.5. The largest absolute Gasteiger partial charge is 0.497 e. The molecule has 0 atom stereocenters. The second kappa shape index (κ2) is 10.3. The average Bonchev–Trinajstić information content (AvgIpc) is 3.75. The van der Waals surface area contributed by atoms with Crippen LogP contribution in [0.15, 0.2) is 72.8 Å². The molecule has 0 bridgehead atoms. The Labute approximate surface area is 214 Å². The predicted molar refractivity (Wildman–Crippen MR) is 134 cm³/mol. The zero-order chi connectivity index (χ0) is 25.9. The highest BCUT2D eigenvalue weighted by Crippen LogP contribution is 2.29. The van der Waals surface area contributed by atoms with Crippen LogP contribution in [0.1, 0.15) is 55.0 Å². The van der Waals surface area contributed by atoms with Crippen molar-refractivity contribution in [3.05, 3.63) is 101 Å². The van der Waals surface area contributed by atoms with Crippen LogP contribution in [0, 0.1) is 0 Å². The van der Waals surface area contributed by atoms with Gasteiger partial charge in [-0.1, -0.05) is 36.4 Å². The average molecular weight is 499 g/mol. The Bertz CT molecular complexity index is 1310. The molecule has 37 heavy (non-hydrogen) atoms. The van der Waals surface area contributed by atoms with Gasteiger partial charge in [0.1, 0.15) is 5.75 Å². The number of rotatable bonds is 9. The van der Waals surface area contributed by atoms with Crippen LogP contribution < -0.4 is 4.74 Å². The fourth-order valence-corrected chi connectivity index (χ4v) is 4.34. The molecule has 2 aliphatic rings. The van der Waals surface area contributed by atoms with Gasteiger partial charge in [-0.25, -0.2) is 4.79 Å². The van der Waals surface area contributed by atoms with Crippen LogP contribution in [0.3, 0.4) is 0 Å². The molecule has 3 amide bonds. The number of hydrogen-bond donors (Lipinski definition) is 0. The van der Waals surface area contributed by atoms with Crippen molar-refractivity contribution < 1.29 is 28.7 Å². The molecule has 0 spiro atoms. The zero-order valence-corrected chi connectivity index (χ0v) is 20.4. The summed E-state index contributed by atoms with van der Waals surface area (Å²) in [5.41, 5.74) is 2.74. The minimum atomic E-state index is -0.610. The van der Waals surface area contributed by atoms with Crippen molar-refractivity contribution >= 4 is 23.7 Å². The Morgan fingerprint density at radius 3 is 2.03 bits per heavy atom. The summed E-state index contributed by atoms with van der Waals surface area (Å²) in [5.74, 6) is -0.777. The van der Waals surface area contributed by atoms with Crippen LogP contribution in [-0.4, -0.2) is 53.2 Å². The van der Waals surface area contributed by atoms with Gasteiger partial charge < -0.3 is 14.4 Å². The van der Waals surface area contributed by atoms with Gasteiger partial charge in [0.05, 0.1) is 30.3 Å². The van der Waals surface area contributed by atoms with Crippen LogP contribution >= 0.6 is 0 Å². The van der Waals surface area contributed by atoms with Crippen LogP contribution in [0.5, 0.6) is 5.75 Å². The maximum atomic E-state index is 12.8. The minimum absolute atomic E-state index is 0.0991. The molecule has 0 N–H and O–H groups in total. The lowest BCUT2D eigenvalue weighted by Gasteiger charge is -2.22. The van der Waals surface area contributed by atoms with Crippen LogP contribution in [0.25, 0.3) is 0 Å². The third-order valence-electron chi connectivity index (χ3n) is 6.56. The Hall–Kier alpha value is -4.46. The summed E-state index contributed by atoms with van der Waals surface area (Å²) in [6, 6.07) is 20.9. The smallest absolute Gasteiger partial charge is 0.338 e. The standard InChI is InChI=1S/C29H26N2O6/c1-36-23-14-8-20(9-15-23)16-30(22-12-13-22)26(32)18-37-29(35)21-10-6-19(7-11-21)17-31-27(33)24-4-2-3-5-25(24)28(31)34/h2-11,14-15,22H,12-13,16-18H2,1H3. The number of nitrogens with zero attached hydrogens (tertiary/aromatic N) is 2. The molecule has 1 aliphatic carbocycles. The highest BCUT2D eigenvalue weighted by molar-refractivity contribution is 6.21. The number of ether oxygens (including phenoxy) is 2. The van der Waals surface area contributed by atoms with Crippen LogP contribution in [0.2, 0.25) is 0 Å². The molecule has 8 heteroatoms. The minimum Gasteiger partial charge on any atom is -0.497 e. The molecule has 1 heterocycles. The van der Waals surface area contributed by atoms with Crippen LogP contribution in [0.4, 0.5) is 0 Å². The fourth-order valence-electron chi connectivity index (χ4n) is 4.34. The second-order valence-electron chi connectivity index (χ2n) is 9.12. The van der Waals surface area contributed by atoms with Gasteiger partial charge in [-0.3, -0.25) is 19.3 Å². The number of carbonyl (C=O) groups is 4. The summed E-state index contributed by atoms with van der Waals surface area (Å²) in [6.07, 6.45) is 1.87. The zero-order valence-electron chi connectivity index (χ0n) is 20.4. The Morgan fingerprint density at radius 2 is 1.46 bits per heavy atom. The maximum Gasteiger partial charge on any atom is 0.338 e. The number of benzene rings is 3. The second-order valence-corrected chi connectivity index (χ2v) is 9.12. The topological polar surface area (TPSA) is 93.2 Å². The third-order valence-corrected chi connectivity index (χ3v) is 6.56. The van der Waals surface area contributed by atoms with Gasteiger partial charge in [-0.15, -0.1) is 0 Å². The van der Waals surface area contributed by atoms with E-state index in [9.17, 15) is 19.2 Å². The van der Waals surface area contributed by atoms with Gasteiger partial charge in [0, 0.05) is 12.6 Å². The number of methoxy groups -OCH3 is 1. The van der Waals surface area contributed by atoms with Crippen molar-refractivity contribution in [2.45, 2.75) is 32.0 Å². The summed E-state index contributed by atoms with van der Waals surface area (Å²) in [6.45, 7) is 0.196. The van der Waals surface area contributed by atoms with Crippen molar-refractivity contribution in [2.75, 3.05) is 13.7 Å². The first-order valence-electron chi connectivity index (χ1n) is 12.1. The molecule has 0 radical (unpaired) electrons. The monoisotopic (exact) mass is 498 g/mol. The molecular formula is C29H26N2O6. The summed E-state index contributed by atoms with van der Waals surface area (Å²) >= 11 is 0. The lowest BCUT2D eigenvalue weighted by molar-refractivity contribution is -0.135. The number of esters is 1. The van der Waals surface area contributed by atoms with E-state index in [1.807, 2.05) is 24.3 Å². The molecule has 1 aliphatic heterocycles. The lowest BCUT2D eigenvalue weighted by atomic mass is 10.1. The van der Waals surface area contributed by atoms with Crippen molar-refractivity contribution in [3.63, 3.8) is 0 Å². The number of hydrogen-bond acceptors (Lipinski definition) is 6. The first-order valence-corrected chi connectivity index (χ1v) is 12.1. The third kappa shape index (κ3) is 5.23. The molecule has 0 unspecified atom stereocenters. The van der Waals surface area contributed by atoms with E-state index in [-0.39, 0.29) is 42.5 Å². The van der Waals surface area contributed by atoms with E-state index in [1.54, 1.807) is 60.5 Å². The first-order chi connectivity index (χ1) is 17.9. The van der Waals surface area contributed by atoms with E-state index in [4.69, 9.17) is 9.47 Å². The normalized spacial score (nSPS) is 14.4. The molecule has 5 rings (SSSR count). The Morgan fingerprint density at radius 1 is 0.865 bits per heavy atom. The Balaban J connectivity index is 1.16. The molecule has 3 aromatic carbocycles. The molecule has 1 fully saturated rings. The quantitative estimate of drug-likeness (QED) is 0.329. The predicted octanol–water partition coefficient (Wildman–Crippen LogP) is 3.84. The summed E-state index contributed by atoms with van der Waals surface area (Å²) in [5, 5.41) is 0. The SMILES string of the molecule is COc1ccc(CN(C(=O)COC(=O)c2ccc(CN3C(=O)c4ccccc4C3=O)cc2)C2CC2)cc1. The summed E-state index contributed by atoms with van der Waals surface area (Å²) in [7, 11) is 1.60. The lowest BCUT2D eigenvalue weighted by Crippen LogP contribution is -2.36. The van der Waals surface area contributed by atoms with Crippen molar-refractivity contribution in [2.24, 2.45) is 0 Å². The summed E-state index contributed by atoms with van der Waals surface area (Å²) in [4.78, 5) is 53.5. The molecule has 1 saturated carbocycles. The van der Waals surface area contributed by atoms with Gasteiger partial charge in [0.25, 0.3) is 17.7 Å². The number of carbonyl (C=O) groups excluding carboxylic acids is 4. The van der Waals surface area contributed by atoms with E-state index in [2.05, 4.69) is 0 Å². The van der Waals surface area contributed by atoms with E-state index in [1.165, 1.54) is 4.90 Å². The molecule has 3 aromatic rings. The van der Waals surface area contributed by atoms with Gasteiger partial charge in [0.15, 0.2) is 6.61 Å². The fraction of sp³-hybridized carbons (Fsp3) is 0.241. The van der Waals surface area contributed by atoms with E-state index < -0.39 is 5.97 Å². The molecule has 0 saturated heterocycles. The van der Waals surface area contributed by atoms with E-state index in [0.29, 0.717) is 23.2 Å². The van der Waals surface area contributed by atoms with Crippen LogP contribution in [-0.2, 0) is 22.6 Å². The van der Waals surface area contributed by atoms with Gasteiger partial charge in [0.2, 0.25) is 0 Å². The van der Waals surface area contributed by atoms with Gasteiger partial charge >= 0.3 is 5.97 Å². The van der Waals surface area contributed by atoms with Crippen molar-refractivity contribution in [3.8, 4) is 5.75 Å². The highest BCUT2D eigenvalue weighted by Gasteiger charge is 2.35. The first kappa shape index (κ1) is 24.2. The Kier molecular flexibility index (Phi) is 6.72. The molecule has 188 valence electrons. The number of amides is 3.